The van der Waals surface area contributed by atoms with Crippen molar-refractivity contribution in [1.82, 2.24) is 13.5 Å². The molecule has 33 heavy (non-hydrogen) atoms. The summed E-state index contributed by atoms with van der Waals surface area (Å²) in [5.41, 5.74) is 2.19. The summed E-state index contributed by atoms with van der Waals surface area (Å²) >= 11 is 0. The van der Waals surface area contributed by atoms with E-state index in [4.69, 9.17) is 0 Å². The van der Waals surface area contributed by atoms with E-state index in [0.717, 1.165) is 57.3 Å². The van der Waals surface area contributed by atoms with Crippen molar-refractivity contribution in [3.63, 3.8) is 0 Å². The second-order valence-electron chi connectivity index (χ2n) is 9.44. The maximum absolute atomic E-state index is 13.1. The maximum Gasteiger partial charge on any atom is 0.300 e. The summed E-state index contributed by atoms with van der Waals surface area (Å²) in [5, 5.41) is 0. The van der Waals surface area contributed by atoms with E-state index in [1.54, 1.807) is 19.6 Å². The Kier molecular flexibility index (Phi) is 6.43. The van der Waals surface area contributed by atoms with E-state index < -0.39 is 21.9 Å². The van der Waals surface area contributed by atoms with Crippen molar-refractivity contribution >= 4 is 33.3 Å². The van der Waals surface area contributed by atoms with Crippen LogP contribution in [-0.2, 0) is 15.0 Å². The Morgan fingerprint density at radius 2 is 1.33 bits per heavy atom. The van der Waals surface area contributed by atoms with Crippen LogP contribution in [0.4, 0.5) is 11.4 Å². The summed E-state index contributed by atoms with van der Waals surface area (Å²) < 4.78 is 29.4. The van der Waals surface area contributed by atoms with Crippen LogP contribution in [0.25, 0.3) is 0 Å². The standard InChI is InChI=1S/C23H33N5O4S/c29-22-20-8-7-19(25-9-5-6-10-25)17-21(20)28(23(22)30)18-24-13-15-27(16-14-24)33(31,32)26-11-3-1-2-4-12-26/h7-8,17H,1-6,9-16,18H2. The maximum atomic E-state index is 13.1. The van der Waals surface area contributed by atoms with Gasteiger partial charge in [-0.25, -0.2) is 0 Å². The Labute approximate surface area is 196 Å². The fourth-order valence-corrected chi connectivity index (χ4v) is 7.00. The van der Waals surface area contributed by atoms with E-state index >= 15 is 0 Å². The van der Waals surface area contributed by atoms with Crippen molar-refractivity contribution < 1.29 is 18.0 Å². The minimum absolute atomic E-state index is 0.304. The van der Waals surface area contributed by atoms with Crippen LogP contribution in [0.1, 0.15) is 48.9 Å². The van der Waals surface area contributed by atoms with E-state index in [2.05, 4.69) is 9.80 Å². The summed E-state index contributed by atoms with van der Waals surface area (Å²) in [6, 6.07) is 5.67. The number of fused-ring (bicyclic) bond motifs is 1. The first-order valence-corrected chi connectivity index (χ1v) is 13.6. The monoisotopic (exact) mass is 475 g/mol. The number of Topliss-reactive ketones (excluding diaryl/α,β-unsaturated/α-hetero) is 1. The molecule has 4 heterocycles. The number of hydrogen-bond acceptors (Lipinski definition) is 6. The first-order chi connectivity index (χ1) is 15.9. The zero-order valence-electron chi connectivity index (χ0n) is 19.1. The van der Waals surface area contributed by atoms with Gasteiger partial charge >= 0.3 is 5.91 Å². The van der Waals surface area contributed by atoms with E-state index in [1.807, 2.05) is 12.1 Å². The van der Waals surface area contributed by atoms with Gasteiger partial charge in [-0.05, 0) is 43.9 Å². The second-order valence-corrected chi connectivity index (χ2v) is 11.4. The Balaban J connectivity index is 1.25. The lowest BCUT2D eigenvalue weighted by molar-refractivity contribution is -0.114. The summed E-state index contributed by atoms with van der Waals surface area (Å²) in [4.78, 5) is 31.2. The summed E-state index contributed by atoms with van der Waals surface area (Å²) in [7, 11) is -3.44. The van der Waals surface area contributed by atoms with E-state index in [9.17, 15) is 18.0 Å². The third kappa shape index (κ3) is 4.41. The highest BCUT2D eigenvalue weighted by Gasteiger charge is 2.39. The highest BCUT2D eigenvalue weighted by Crippen LogP contribution is 2.34. The van der Waals surface area contributed by atoms with Gasteiger partial charge in [0.15, 0.2) is 0 Å². The third-order valence-corrected chi connectivity index (χ3v) is 9.35. The van der Waals surface area contributed by atoms with Gasteiger partial charge in [0, 0.05) is 58.0 Å². The Hall–Kier alpha value is -2.01. The predicted molar refractivity (Wildman–Crippen MR) is 127 cm³/mol. The molecule has 0 aliphatic carbocycles. The highest BCUT2D eigenvalue weighted by molar-refractivity contribution is 7.86. The first-order valence-electron chi connectivity index (χ1n) is 12.2. The zero-order chi connectivity index (χ0) is 23.0. The van der Waals surface area contributed by atoms with E-state index in [0.29, 0.717) is 57.2 Å². The lowest BCUT2D eigenvalue weighted by atomic mass is 10.1. The molecule has 0 spiro atoms. The molecule has 0 unspecified atom stereocenters. The zero-order valence-corrected chi connectivity index (χ0v) is 19.9. The summed E-state index contributed by atoms with van der Waals surface area (Å²) in [6.45, 7) is 5.36. The number of rotatable bonds is 5. The molecule has 0 N–H and O–H groups in total. The minimum atomic E-state index is -3.44. The molecule has 10 heteroatoms. The highest BCUT2D eigenvalue weighted by atomic mass is 32.2. The molecule has 5 rings (SSSR count). The van der Waals surface area contributed by atoms with Gasteiger partial charge in [-0.3, -0.25) is 19.4 Å². The smallest absolute Gasteiger partial charge is 0.300 e. The van der Waals surface area contributed by atoms with Crippen LogP contribution in [-0.4, -0.2) is 92.6 Å². The number of anilines is 2. The van der Waals surface area contributed by atoms with Crippen molar-refractivity contribution in [3.8, 4) is 0 Å². The average Bonchev–Trinajstić information content (AvgIpc) is 3.32. The van der Waals surface area contributed by atoms with Crippen molar-refractivity contribution in [1.29, 1.82) is 0 Å². The van der Waals surface area contributed by atoms with Crippen LogP contribution in [0.15, 0.2) is 18.2 Å². The van der Waals surface area contributed by atoms with Crippen LogP contribution in [0, 0.1) is 0 Å². The number of amides is 1. The Morgan fingerprint density at radius 3 is 2.00 bits per heavy atom. The molecule has 180 valence electrons. The molecule has 1 amide bonds. The molecule has 3 fully saturated rings. The Morgan fingerprint density at radius 1 is 0.727 bits per heavy atom. The van der Waals surface area contributed by atoms with Crippen molar-refractivity contribution in [3.05, 3.63) is 23.8 Å². The molecular formula is C23H33N5O4S. The quantitative estimate of drug-likeness (QED) is 0.601. The number of carbonyl (C=O) groups is 2. The van der Waals surface area contributed by atoms with Crippen molar-refractivity contribution in [2.45, 2.75) is 38.5 Å². The average molecular weight is 476 g/mol. The molecule has 4 aliphatic heterocycles. The van der Waals surface area contributed by atoms with E-state index in [-0.39, 0.29) is 0 Å². The summed E-state index contributed by atoms with van der Waals surface area (Å²) in [6.07, 6.45) is 6.32. The fraction of sp³-hybridized carbons (Fsp3) is 0.652. The van der Waals surface area contributed by atoms with Gasteiger partial charge in [-0.1, -0.05) is 12.8 Å². The van der Waals surface area contributed by atoms with Gasteiger partial charge < -0.3 is 4.90 Å². The van der Waals surface area contributed by atoms with Gasteiger partial charge in [0.05, 0.1) is 17.9 Å². The molecule has 0 aromatic heterocycles. The predicted octanol–water partition coefficient (Wildman–Crippen LogP) is 1.51. The normalized spacial score (nSPS) is 23.9. The van der Waals surface area contributed by atoms with Crippen LogP contribution in [0.5, 0.6) is 0 Å². The third-order valence-electron chi connectivity index (χ3n) is 7.32. The van der Waals surface area contributed by atoms with Crippen LogP contribution in [0.2, 0.25) is 0 Å². The molecular weight excluding hydrogens is 442 g/mol. The molecule has 4 aliphatic rings. The molecule has 0 bridgehead atoms. The molecule has 9 nitrogen and oxygen atoms in total. The Bertz CT molecular complexity index is 1010. The van der Waals surface area contributed by atoms with Gasteiger partial charge in [0.25, 0.3) is 16.0 Å². The molecule has 3 saturated heterocycles. The number of benzene rings is 1. The molecule has 1 aromatic rings. The molecule has 0 saturated carbocycles. The number of carbonyl (C=O) groups excluding carboxylic acids is 2. The molecule has 0 radical (unpaired) electrons. The lowest BCUT2D eigenvalue weighted by Gasteiger charge is -2.37. The fourth-order valence-electron chi connectivity index (χ4n) is 5.33. The van der Waals surface area contributed by atoms with Crippen LogP contribution >= 0.6 is 0 Å². The van der Waals surface area contributed by atoms with Gasteiger partial charge in [0.2, 0.25) is 0 Å². The van der Waals surface area contributed by atoms with Crippen LogP contribution < -0.4 is 9.80 Å². The second kappa shape index (κ2) is 9.32. The van der Waals surface area contributed by atoms with Crippen molar-refractivity contribution in [2.75, 3.05) is 68.8 Å². The molecule has 0 atom stereocenters. The SMILES string of the molecule is O=C1C(=O)N(CN2CCN(S(=O)(=O)N3CCCCCC3)CC2)c2cc(N3CCCC3)ccc21. The summed E-state index contributed by atoms with van der Waals surface area (Å²) in [5.74, 6) is -0.955. The van der Waals surface area contributed by atoms with Gasteiger partial charge in [0.1, 0.15) is 0 Å². The van der Waals surface area contributed by atoms with Crippen molar-refractivity contribution in [2.24, 2.45) is 0 Å². The van der Waals surface area contributed by atoms with Gasteiger partial charge in [-0.2, -0.15) is 17.0 Å². The number of ketones is 1. The minimum Gasteiger partial charge on any atom is -0.371 e. The number of hydrogen-bond donors (Lipinski definition) is 0. The first kappa shape index (κ1) is 22.8. The largest absolute Gasteiger partial charge is 0.371 e. The number of nitrogens with zero attached hydrogens (tertiary/aromatic N) is 5. The van der Waals surface area contributed by atoms with E-state index in [1.165, 1.54) is 0 Å². The molecule has 1 aromatic carbocycles. The van der Waals surface area contributed by atoms with Crippen LogP contribution in [0.3, 0.4) is 0 Å². The number of piperazine rings is 1. The lowest BCUT2D eigenvalue weighted by Crippen LogP contribution is -2.55. The van der Waals surface area contributed by atoms with Gasteiger partial charge in [-0.15, -0.1) is 0 Å². The topological polar surface area (TPSA) is 84.5 Å².